The van der Waals surface area contributed by atoms with Crippen LogP contribution in [-0.4, -0.2) is 0 Å². The molecule has 0 unspecified atom stereocenters. The maximum Gasteiger partial charge on any atom is 0.0540 e. The van der Waals surface area contributed by atoms with Crippen molar-refractivity contribution in [1.29, 1.82) is 0 Å². The molecule has 4 nitrogen and oxygen atoms in total. The maximum atomic E-state index is 3.56. The zero-order valence-electron chi connectivity index (χ0n) is 71.1. The van der Waals surface area contributed by atoms with Gasteiger partial charge in [-0.3, -0.25) is 0 Å². The lowest BCUT2D eigenvalue weighted by molar-refractivity contribution is 0.660. The molecule has 620 valence electrons. The van der Waals surface area contributed by atoms with Crippen molar-refractivity contribution in [2.24, 2.45) is 0 Å². The molecule has 22 rings (SSSR count). The summed E-state index contributed by atoms with van der Waals surface area (Å²) < 4.78 is 4.69. The van der Waals surface area contributed by atoms with E-state index in [1.165, 1.54) is 134 Å². The van der Waals surface area contributed by atoms with Crippen molar-refractivity contribution in [2.45, 2.75) is 19.3 Å². The molecule has 1 aliphatic carbocycles. The van der Waals surface area contributed by atoms with Crippen LogP contribution in [-0.2, 0) is 5.41 Å². The minimum absolute atomic E-state index is 0.0676. The zero-order chi connectivity index (χ0) is 87.6. The summed E-state index contributed by atoms with van der Waals surface area (Å²) in [5.41, 5.74) is 28.9. The van der Waals surface area contributed by atoms with Crippen molar-refractivity contribution in [3.05, 3.63) is 525 Å². The van der Waals surface area contributed by atoms with Gasteiger partial charge < -0.3 is 19.6 Å². The Labute approximate surface area is 799 Å². The first-order valence-corrected chi connectivity index (χ1v) is 47.1. The molecule has 1 aliphatic rings. The fraction of sp³-hybridized carbons (Fsp3) is 0.0248. The Morgan fingerprint density at radius 1 is 0.186 bits per heavy atom. The van der Waals surface area contributed by atoms with Crippen LogP contribution in [0.3, 0.4) is 0 Å². The van der Waals surface area contributed by atoms with Gasteiger partial charge in [-0.15, -0.1) is 0 Å². The lowest BCUT2D eigenvalue weighted by Crippen LogP contribution is -2.16. The van der Waals surface area contributed by atoms with E-state index in [4.69, 9.17) is 0 Å². The van der Waals surface area contributed by atoms with Gasteiger partial charge >= 0.3 is 0 Å². The van der Waals surface area contributed by atoms with E-state index in [0.29, 0.717) is 0 Å². The van der Waals surface area contributed by atoms with Crippen LogP contribution in [0.4, 0.5) is 68.2 Å². The van der Waals surface area contributed by atoms with Gasteiger partial charge in [0.2, 0.25) is 0 Å². The quantitative estimate of drug-likeness (QED) is 0.0706. The van der Waals surface area contributed by atoms with Gasteiger partial charge in [0, 0.05) is 89.1 Å². The van der Waals surface area contributed by atoms with E-state index in [9.17, 15) is 0 Å². The fourth-order valence-electron chi connectivity index (χ4n) is 17.6. The molecule has 0 bridgehead atoms. The molecule has 21 aromatic carbocycles. The number of fused-ring (bicyclic) bond motifs is 8. The first-order chi connectivity index (χ1) is 63.4. The van der Waals surface area contributed by atoms with Crippen molar-refractivity contribution in [2.75, 3.05) is 19.6 Å². The third kappa shape index (κ3) is 18.7. The Morgan fingerprint density at radius 2 is 0.450 bits per heavy atom. The van der Waals surface area contributed by atoms with Gasteiger partial charge in [0.25, 0.3) is 0 Å². The Bertz CT molecular complexity index is 7270. The first-order valence-electron chi connectivity index (χ1n) is 43.3. The van der Waals surface area contributed by atoms with Crippen molar-refractivity contribution in [3.63, 3.8) is 0 Å². The highest BCUT2D eigenvalue weighted by Gasteiger charge is 2.36. The van der Waals surface area contributed by atoms with E-state index in [1.807, 2.05) is 18.2 Å². The third-order valence-electron chi connectivity index (χ3n) is 24.1. The van der Waals surface area contributed by atoms with Crippen molar-refractivity contribution in [3.8, 4) is 55.6 Å². The summed E-state index contributed by atoms with van der Waals surface area (Å²) in [5.74, 6) is 0. The van der Waals surface area contributed by atoms with Gasteiger partial charge in [-0.2, -0.15) is 0 Å². The summed E-state index contributed by atoms with van der Waals surface area (Å²) in [7, 11) is 0. The average Bonchev–Trinajstić information content (AvgIpc) is 1.56. The molecular weight excluding hydrogens is 1920 g/mol. The lowest BCUT2D eigenvalue weighted by Gasteiger charge is -2.28. The molecule has 0 atom stereocenters. The van der Waals surface area contributed by atoms with Crippen LogP contribution in [0.25, 0.3) is 98.7 Å². The van der Waals surface area contributed by atoms with Crippen LogP contribution in [0.15, 0.2) is 506 Å². The fourth-order valence-corrected chi connectivity index (χ4v) is 19.2. The minimum Gasteiger partial charge on any atom is -0.311 e. The maximum absolute atomic E-state index is 3.56. The normalized spacial score (nSPS) is 11.6. The van der Waals surface area contributed by atoms with Crippen LogP contribution in [0, 0.1) is 7.14 Å². The largest absolute Gasteiger partial charge is 0.311 e. The summed E-state index contributed by atoms with van der Waals surface area (Å²) >= 11 is 11.9. The van der Waals surface area contributed by atoms with Crippen LogP contribution >= 0.6 is 77.0 Å². The third-order valence-corrected chi connectivity index (χ3v) is 26.5. The number of hydrogen-bond acceptors (Lipinski definition) is 4. The van der Waals surface area contributed by atoms with Gasteiger partial charge in [0.1, 0.15) is 0 Å². The Hall–Kier alpha value is -13.7. The monoisotopic (exact) mass is 2010 g/mol. The van der Waals surface area contributed by atoms with Gasteiger partial charge in [0.15, 0.2) is 0 Å². The van der Waals surface area contributed by atoms with E-state index >= 15 is 0 Å². The lowest BCUT2D eigenvalue weighted by atomic mass is 9.82. The molecule has 0 saturated heterocycles. The van der Waals surface area contributed by atoms with Gasteiger partial charge in [-0.1, -0.05) is 361 Å². The Balaban J connectivity index is 0.000000113. The van der Waals surface area contributed by atoms with E-state index in [-0.39, 0.29) is 5.41 Å². The molecule has 0 aromatic heterocycles. The summed E-state index contributed by atoms with van der Waals surface area (Å²) in [4.78, 5) is 9.33. The number of hydrogen-bond donors (Lipinski definition) is 0. The standard InChI is InChI=1S/C39H30IN.C30H22BrN.C30H20IN.C22H16BrN/c1-39(2)37-25-31(40)17-23-35(37)36-24-22-34(26-38(36)39)41(32-18-13-29(14-19-32)27-9-5-3-6-10-27)33-20-15-30(16-21-33)28-11-7-4-8-12-28;31-27-15-21-30(22-16-27)32(28-17-11-25(12-18-28)23-7-3-1-4-8-23)29-19-13-26(14-20-29)24-9-5-2-6-10-24;31-24-15-17-27-22(19-24)13-14-23-20-26(16-18-28(23)27)32(25-9-2-1-3-10-25)30-12-6-8-21-7-4-5-11-29(21)30;23-18-13-15-20(16-14-18)24(19-9-2-1-3-10-19)22-12-6-8-17-7-4-5-11-21(17)22/h3-26H,1-2H3;1-22H;1-20H;1-16H. The van der Waals surface area contributed by atoms with Crippen molar-refractivity contribution in [1.82, 2.24) is 0 Å². The van der Waals surface area contributed by atoms with Gasteiger partial charge in [0.05, 0.1) is 11.4 Å². The van der Waals surface area contributed by atoms with E-state index in [2.05, 4.69) is 590 Å². The number of rotatable bonds is 16. The van der Waals surface area contributed by atoms with Gasteiger partial charge in [-0.25, -0.2) is 0 Å². The number of nitrogens with zero attached hydrogens (tertiary/aromatic N) is 4. The predicted molar refractivity (Wildman–Crippen MR) is 575 cm³/mol. The molecule has 0 radical (unpaired) electrons. The van der Waals surface area contributed by atoms with Crippen molar-refractivity contribution >= 4 is 188 Å². The average molecular weight is 2010 g/mol. The van der Waals surface area contributed by atoms with E-state index in [0.717, 1.165) is 60.1 Å². The molecule has 0 heterocycles. The van der Waals surface area contributed by atoms with Crippen LogP contribution in [0.1, 0.15) is 25.0 Å². The summed E-state index contributed by atoms with van der Waals surface area (Å²) in [6, 6.07) is 177. The summed E-state index contributed by atoms with van der Waals surface area (Å²) in [6.45, 7) is 4.70. The van der Waals surface area contributed by atoms with Crippen LogP contribution in [0.2, 0.25) is 0 Å². The highest BCUT2D eigenvalue weighted by atomic mass is 127. The van der Waals surface area contributed by atoms with Crippen LogP contribution in [0.5, 0.6) is 0 Å². The second kappa shape index (κ2) is 38.9. The smallest absolute Gasteiger partial charge is 0.0540 e. The van der Waals surface area contributed by atoms with E-state index < -0.39 is 0 Å². The molecule has 21 aromatic rings. The predicted octanol–water partition coefficient (Wildman–Crippen LogP) is 36.9. The number of para-hydroxylation sites is 2. The first kappa shape index (κ1) is 84.8. The Kier molecular flexibility index (Phi) is 25.5. The van der Waals surface area contributed by atoms with Gasteiger partial charge in [-0.05, 0) is 326 Å². The number of anilines is 12. The van der Waals surface area contributed by atoms with Crippen LogP contribution < -0.4 is 19.6 Å². The summed E-state index contributed by atoms with van der Waals surface area (Å²) in [5, 5.41) is 10.1. The van der Waals surface area contributed by atoms with Crippen molar-refractivity contribution < 1.29 is 0 Å². The molecule has 0 N–H and O–H groups in total. The Morgan fingerprint density at radius 3 is 0.860 bits per heavy atom. The summed E-state index contributed by atoms with van der Waals surface area (Å²) in [6.07, 6.45) is 0. The highest BCUT2D eigenvalue weighted by molar-refractivity contribution is 14.1. The zero-order valence-corrected chi connectivity index (χ0v) is 78.6. The molecule has 0 spiro atoms. The second-order valence-corrected chi connectivity index (χ2v) is 36.8. The molecule has 129 heavy (non-hydrogen) atoms. The molecule has 0 aliphatic heterocycles. The minimum atomic E-state index is -0.0676. The SMILES string of the molecule is Brc1ccc(N(c2ccc(-c3ccccc3)cc2)c2ccc(-c3ccccc3)cc2)cc1.Brc1ccc(N(c2ccccc2)c2cccc3ccccc23)cc1.CC1(C)c2cc(I)ccc2-c2ccc(N(c3ccc(-c4ccccc4)cc3)c3ccc(-c4ccccc4)cc3)cc21.Ic1ccc2c(ccc3cc(N(c4ccccc4)c4cccc5ccccc45)ccc32)c1. The molecule has 8 heteroatoms. The molecular formula is C121H88Br2I2N4. The van der Waals surface area contributed by atoms with E-state index in [1.54, 1.807) is 0 Å². The molecule has 0 amide bonds. The second-order valence-electron chi connectivity index (χ2n) is 32.5. The molecule has 0 saturated carbocycles. The number of benzene rings is 21. The topological polar surface area (TPSA) is 13.0 Å². The number of halogens is 4. The highest BCUT2D eigenvalue weighted by Crippen LogP contribution is 2.52. The molecule has 0 fully saturated rings.